The highest BCUT2D eigenvalue weighted by molar-refractivity contribution is 6.06. The Labute approximate surface area is 406 Å². The third-order valence-electron chi connectivity index (χ3n) is 14.5. The fourth-order valence-corrected chi connectivity index (χ4v) is 10.7. The zero-order valence-corrected chi connectivity index (χ0v) is 39.0. The fraction of sp³-hybridized carbons (Fsp3) is 0.295. The van der Waals surface area contributed by atoms with E-state index in [0.29, 0.717) is 58.5 Å². The van der Waals surface area contributed by atoms with Crippen LogP contribution in [0.2, 0.25) is 0 Å². The quantitative estimate of drug-likeness (QED) is 0.0858. The van der Waals surface area contributed by atoms with Crippen molar-refractivity contribution in [1.82, 2.24) is 0 Å². The van der Waals surface area contributed by atoms with Crippen LogP contribution < -0.4 is 4.90 Å². The monoisotopic (exact) mass is 919 g/mol. The molecule has 8 nitrogen and oxygen atoms in total. The van der Waals surface area contributed by atoms with Crippen LogP contribution in [0.1, 0.15) is 70.7 Å². The van der Waals surface area contributed by atoms with Gasteiger partial charge in [-0.1, -0.05) is 194 Å². The highest BCUT2D eigenvalue weighted by atomic mass is 16.6. The van der Waals surface area contributed by atoms with Crippen LogP contribution in [0.5, 0.6) is 0 Å². The SMILES string of the molecule is O=C1N(c2ccccc2)[C@H](c2ccc(C[C@@H]3OC(COCc4ccccc4)[C@@H](OCc4ccccc4)[C@H](OCc4ccccc4)C3OCc3ccccc3)cc2)C12CCC(O)(c1ccccc1)CC2. The second-order valence-electron chi connectivity index (χ2n) is 18.9. The van der Waals surface area contributed by atoms with E-state index in [1.54, 1.807) is 0 Å². The molecule has 10 rings (SSSR count). The van der Waals surface area contributed by atoms with Gasteiger partial charge in [0.05, 0.1) is 56.2 Å². The Bertz CT molecular complexity index is 2660. The van der Waals surface area contributed by atoms with Gasteiger partial charge in [0.25, 0.3) is 0 Å². The normalized spacial score (nSPS) is 25.6. The molecule has 1 N–H and O–H groups in total. The summed E-state index contributed by atoms with van der Waals surface area (Å²) in [6.07, 6.45) is 0.251. The van der Waals surface area contributed by atoms with Crippen LogP contribution in [0.25, 0.3) is 0 Å². The first-order chi connectivity index (χ1) is 34.0. The van der Waals surface area contributed by atoms with Gasteiger partial charge in [0.1, 0.15) is 24.4 Å². The minimum Gasteiger partial charge on any atom is -0.385 e. The lowest BCUT2D eigenvalue weighted by atomic mass is 9.56. The van der Waals surface area contributed by atoms with Crippen molar-refractivity contribution in [3.63, 3.8) is 0 Å². The highest BCUT2D eigenvalue weighted by Crippen LogP contribution is 2.61. The van der Waals surface area contributed by atoms with Crippen molar-refractivity contribution in [3.8, 4) is 0 Å². The van der Waals surface area contributed by atoms with E-state index >= 15 is 0 Å². The molecule has 2 heterocycles. The van der Waals surface area contributed by atoms with E-state index in [1.807, 2.05) is 138 Å². The van der Waals surface area contributed by atoms with Crippen molar-refractivity contribution >= 4 is 11.6 Å². The van der Waals surface area contributed by atoms with Gasteiger partial charge in [-0.15, -0.1) is 0 Å². The number of anilines is 1. The molecular formula is C61H61NO7. The summed E-state index contributed by atoms with van der Waals surface area (Å²) < 4.78 is 34.7. The van der Waals surface area contributed by atoms with Crippen LogP contribution in [-0.4, -0.2) is 48.1 Å². The second-order valence-corrected chi connectivity index (χ2v) is 18.9. The Morgan fingerprint density at radius 1 is 0.478 bits per heavy atom. The summed E-state index contributed by atoms with van der Waals surface area (Å²) in [5.74, 6) is 0.123. The van der Waals surface area contributed by atoms with Gasteiger partial charge in [-0.2, -0.15) is 0 Å². The maximum atomic E-state index is 14.5. The number of ether oxygens (including phenoxy) is 5. The van der Waals surface area contributed by atoms with Gasteiger partial charge < -0.3 is 33.7 Å². The number of amides is 1. The summed E-state index contributed by atoms with van der Waals surface area (Å²) in [4.78, 5) is 16.5. The zero-order chi connectivity index (χ0) is 46.9. The van der Waals surface area contributed by atoms with Gasteiger partial charge in [0.15, 0.2) is 0 Å². The minimum atomic E-state index is -0.966. The number of carbonyl (C=O) groups is 1. The molecule has 7 aromatic rings. The third-order valence-corrected chi connectivity index (χ3v) is 14.5. The molecule has 69 heavy (non-hydrogen) atoms. The molecule has 8 heteroatoms. The van der Waals surface area contributed by atoms with Gasteiger partial charge in [-0.25, -0.2) is 0 Å². The largest absolute Gasteiger partial charge is 0.385 e. The van der Waals surface area contributed by atoms with E-state index in [4.69, 9.17) is 23.7 Å². The molecule has 0 aromatic heterocycles. The molecule has 2 unspecified atom stereocenters. The molecule has 0 bridgehead atoms. The standard InChI is InChI=1S/C61H61NO7/c63-59-60(35-37-61(64,38-36-60)51-27-15-5-16-28-51)58(62(59)52-29-17-6-18-30-52)50-33-31-45(32-34-50)39-53-55(66-41-47-21-9-2-10-22-47)57(68-43-49-25-13-4-14-26-49)56(67-42-48-23-11-3-12-24-48)54(69-53)44-65-40-46-19-7-1-8-20-46/h1-34,53-58,64H,35-44H2/t53-,54?,55?,56+,57+,58+,60?,61?/m0/s1. The summed E-state index contributed by atoms with van der Waals surface area (Å²) in [5, 5.41) is 11.9. The summed E-state index contributed by atoms with van der Waals surface area (Å²) in [7, 11) is 0. The number of aliphatic hydroxyl groups is 1. The smallest absolute Gasteiger partial charge is 0.236 e. The first kappa shape index (κ1) is 46.5. The maximum Gasteiger partial charge on any atom is 0.236 e. The average molecular weight is 920 g/mol. The summed E-state index contributed by atoms with van der Waals surface area (Å²) in [6, 6.07) is 69.2. The van der Waals surface area contributed by atoms with Crippen LogP contribution in [0, 0.1) is 5.41 Å². The molecule has 2 saturated heterocycles. The number of nitrogens with zero attached hydrogens (tertiary/aromatic N) is 1. The number of hydrogen-bond donors (Lipinski definition) is 1. The van der Waals surface area contributed by atoms with Crippen LogP contribution in [0.3, 0.4) is 0 Å². The number of rotatable bonds is 18. The van der Waals surface area contributed by atoms with E-state index in [2.05, 4.69) is 72.8 Å². The van der Waals surface area contributed by atoms with E-state index < -0.39 is 41.5 Å². The number of para-hydroxylation sites is 1. The van der Waals surface area contributed by atoms with Crippen molar-refractivity contribution < 1.29 is 33.6 Å². The van der Waals surface area contributed by atoms with Crippen LogP contribution >= 0.6 is 0 Å². The Hall–Kier alpha value is -6.23. The molecule has 7 aromatic carbocycles. The Morgan fingerprint density at radius 2 is 0.913 bits per heavy atom. The van der Waals surface area contributed by atoms with Crippen LogP contribution in [0.15, 0.2) is 206 Å². The Balaban J connectivity index is 0.961. The first-order valence-electron chi connectivity index (χ1n) is 24.4. The van der Waals surface area contributed by atoms with E-state index in [1.165, 1.54) is 0 Å². The number of benzene rings is 7. The molecule has 3 aliphatic rings. The van der Waals surface area contributed by atoms with Gasteiger partial charge in [0.2, 0.25) is 5.91 Å². The summed E-state index contributed by atoms with van der Waals surface area (Å²) >= 11 is 0. The minimum absolute atomic E-state index is 0.123. The van der Waals surface area contributed by atoms with Crippen LogP contribution in [0.4, 0.5) is 5.69 Å². The molecule has 2 aliphatic heterocycles. The maximum absolute atomic E-state index is 14.5. The van der Waals surface area contributed by atoms with Gasteiger partial charge in [-0.3, -0.25) is 4.79 Å². The Morgan fingerprint density at radius 3 is 1.42 bits per heavy atom. The van der Waals surface area contributed by atoms with E-state index in [9.17, 15) is 9.90 Å². The Kier molecular flexibility index (Phi) is 14.6. The zero-order valence-electron chi connectivity index (χ0n) is 39.0. The molecule has 1 amide bonds. The molecule has 1 aliphatic carbocycles. The fourth-order valence-electron chi connectivity index (χ4n) is 10.7. The number of hydrogen-bond acceptors (Lipinski definition) is 7. The summed E-state index contributed by atoms with van der Waals surface area (Å²) in [5.41, 5.74) is 6.57. The van der Waals surface area contributed by atoms with E-state index in [0.717, 1.165) is 44.6 Å². The molecule has 1 spiro atoms. The topological polar surface area (TPSA) is 86.7 Å². The summed E-state index contributed by atoms with van der Waals surface area (Å²) in [6.45, 7) is 1.81. The molecule has 352 valence electrons. The number of carbonyl (C=O) groups excluding carboxylic acids is 1. The lowest BCUT2D eigenvalue weighted by molar-refractivity contribution is -0.272. The predicted octanol–water partition coefficient (Wildman–Crippen LogP) is 11.5. The van der Waals surface area contributed by atoms with Gasteiger partial charge >= 0.3 is 0 Å². The molecule has 1 saturated carbocycles. The highest BCUT2D eigenvalue weighted by Gasteiger charge is 2.63. The van der Waals surface area contributed by atoms with Crippen LogP contribution in [-0.2, 0) is 66.9 Å². The van der Waals surface area contributed by atoms with Gasteiger partial charge in [-0.05, 0) is 76.8 Å². The van der Waals surface area contributed by atoms with E-state index in [-0.39, 0.29) is 18.6 Å². The van der Waals surface area contributed by atoms with Crippen molar-refractivity contribution in [2.45, 2.75) is 101 Å². The van der Waals surface area contributed by atoms with Crippen molar-refractivity contribution in [3.05, 3.63) is 245 Å². The predicted molar refractivity (Wildman–Crippen MR) is 268 cm³/mol. The van der Waals surface area contributed by atoms with Gasteiger partial charge in [0, 0.05) is 12.1 Å². The molecular weight excluding hydrogens is 859 g/mol. The van der Waals surface area contributed by atoms with Crippen molar-refractivity contribution in [2.24, 2.45) is 5.41 Å². The number of β-lactam (4-membered cyclic amide) rings is 1. The molecule has 3 fully saturated rings. The molecule has 6 atom stereocenters. The first-order valence-corrected chi connectivity index (χ1v) is 24.4. The average Bonchev–Trinajstić information content (AvgIpc) is 3.41. The second kappa shape index (κ2) is 21.6. The lowest BCUT2D eigenvalue weighted by Crippen LogP contribution is -2.65. The lowest BCUT2D eigenvalue weighted by Gasteiger charge is -2.59. The molecule has 0 radical (unpaired) electrons. The van der Waals surface area contributed by atoms with Crippen molar-refractivity contribution in [2.75, 3.05) is 11.5 Å². The van der Waals surface area contributed by atoms with Crippen molar-refractivity contribution in [1.29, 1.82) is 0 Å². The third kappa shape index (κ3) is 10.5.